The number of aromatic nitrogens is 1. The molecule has 1 rings (SSSR count). The summed E-state index contributed by atoms with van der Waals surface area (Å²) >= 11 is 1.33. The molecule has 108 valence electrons. The summed E-state index contributed by atoms with van der Waals surface area (Å²) in [5.41, 5.74) is 0.782. The zero-order chi connectivity index (χ0) is 14.4. The number of rotatable bonds is 8. The highest BCUT2D eigenvalue weighted by atomic mass is 32.1. The molecule has 0 aromatic carbocycles. The molecule has 0 saturated carbocycles. The number of carboxylic acid groups (broad SMARTS) is 1. The van der Waals surface area contributed by atoms with Crippen molar-refractivity contribution in [3.8, 4) is 0 Å². The number of aromatic carboxylic acids is 1. The molecule has 0 aliphatic carbocycles. The summed E-state index contributed by atoms with van der Waals surface area (Å²) in [7, 11) is 0. The Balaban J connectivity index is 3.03. The van der Waals surface area contributed by atoms with Gasteiger partial charge >= 0.3 is 5.97 Å². The first-order valence-corrected chi connectivity index (χ1v) is 7.84. The van der Waals surface area contributed by atoms with Crippen molar-refractivity contribution in [1.29, 1.82) is 0 Å². The fourth-order valence-corrected chi connectivity index (χ4v) is 3.22. The first-order valence-electron chi connectivity index (χ1n) is 7.02. The summed E-state index contributed by atoms with van der Waals surface area (Å²) in [4.78, 5) is 18.6. The fraction of sp³-hybridized carbons (Fsp3) is 0.714. The third-order valence-corrected chi connectivity index (χ3v) is 4.56. The van der Waals surface area contributed by atoms with Crippen molar-refractivity contribution < 1.29 is 9.90 Å². The second-order valence-electron chi connectivity index (χ2n) is 4.60. The molecule has 1 heterocycles. The van der Waals surface area contributed by atoms with Crippen LogP contribution in [0.1, 0.15) is 66.8 Å². The van der Waals surface area contributed by atoms with E-state index in [0.717, 1.165) is 43.2 Å². The molecule has 0 radical (unpaired) electrons. The van der Waals surface area contributed by atoms with Crippen molar-refractivity contribution in [2.75, 3.05) is 13.1 Å². The van der Waals surface area contributed by atoms with Crippen molar-refractivity contribution in [1.82, 2.24) is 9.88 Å². The van der Waals surface area contributed by atoms with Crippen LogP contribution in [0.25, 0.3) is 0 Å². The van der Waals surface area contributed by atoms with E-state index in [-0.39, 0.29) is 5.92 Å². The molecule has 5 heteroatoms. The molecule has 1 aromatic rings. The lowest BCUT2D eigenvalue weighted by atomic mass is 9.98. The maximum absolute atomic E-state index is 11.4. The van der Waals surface area contributed by atoms with E-state index < -0.39 is 5.97 Å². The molecular weight excluding hydrogens is 260 g/mol. The molecule has 1 aromatic heterocycles. The number of nitrogens with zero attached hydrogens (tertiary/aromatic N) is 2. The van der Waals surface area contributed by atoms with Gasteiger partial charge < -0.3 is 5.11 Å². The molecule has 0 amide bonds. The highest BCUT2D eigenvalue weighted by Crippen LogP contribution is 2.30. The van der Waals surface area contributed by atoms with E-state index in [4.69, 9.17) is 0 Å². The molecule has 4 nitrogen and oxygen atoms in total. The van der Waals surface area contributed by atoms with Gasteiger partial charge in [-0.05, 0) is 25.9 Å². The van der Waals surface area contributed by atoms with E-state index in [1.54, 1.807) is 0 Å². The number of carboxylic acids is 1. The summed E-state index contributed by atoms with van der Waals surface area (Å²) in [5, 5.41) is 10.2. The minimum atomic E-state index is -0.842. The van der Waals surface area contributed by atoms with Gasteiger partial charge in [-0.2, -0.15) is 0 Å². The van der Waals surface area contributed by atoms with Crippen LogP contribution in [0, 0.1) is 0 Å². The predicted molar refractivity (Wildman–Crippen MR) is 79.0 cm³/mol. The summed E-state index contributed by atoms with van der Waals surface area (Å²) in [5.74, 6) is -0.585. The minimum absolute atomic E-state index is 0.257. The van der Waals surface area contributed by atoms with Gasteiger partial charge in [0.1, 0.15) is 9.88 Å². The maximum Gasteiger partial charge on any atom is 0.347 e. The summed E-state index contributed by atoms with van der Waals surface area (Å²) in [6.07, 6.45) is 1.87. The Hall–Kier alpha value is -0.940. The molecule has 0 spiro atoms. The van der Waals surface area contributed by atoms with Crippen molar-refractivity contribution >= 4 is 17.3 Å². The van der Waals surface area contributed by atoms with E-state index >= 15 is 0 Å². The third-order valence-electron chi connectivity index (χ3n) is 3.52. The van der Waals surface area contributed by atoms with Gasteiger partial charge in [-0.15, -0.1) is 11.3 Å². The van der Waals surface area contributed by atoms with Gasteiger partial charge in [0.15, 0.2) is 0 Å². The van der Waals surface area contributed by atoms with E-state index in [1.807, 2.05) is 0 Å². The van der Waals surface area contributed by atoms with Crippen molar-refractivity contribution in [2.24, 2.45) is 0 Å². The summed E-state index contributed by atoms with van der Waals surface area (Å²) < 4.78 is 0. The van der Waals surface area contributed by atoms with Crippen molar-refractivity contribution in [2.45, 2.75) is 53.0 Å². The van der Waals surface area contributed by atoms with Gasteiger partial charge in [-0.1, -0.05) is 27.7 Å². The average molecular weight is 284 g/mol. The third kappa shape index (κ3) is 4.01. The number of hydrogen-bond acceptors (Lipinski definition) is 4. The Labute approximate surface area is 119 Å². The van der Waals surface area contributed by atoms with Gasteiger partial charge in [0.05, 0.1) is 12.2 Å². The van der Waals surface area contributed by atoms with Crippen molar-refractivity contribution in [3.63, 3.8) is 0 Å². The SMILES string of the molecule is CCC(CC)c1nc(CN(CC)CC)sc1C(=O)O. The second-order valence-corrected chi connectivity index (χ2v) is 5.69. The molecule has 0 unspecified atom stereocenters. The zero-order valence-electron chi connectivity index (χ0n) is 12.3. The van der Waals surface area contributed by atoms with Gasteiger partial charge in [0.2, 0.25) is 0 Å². The normalized spacial score (nSPS) is 11.5. The lowest BCUT2D eigenvalue weighted by molar-refractivity contribution is 0.0700. The van der Waals surface area contributed by atoms with Crippen molar-refractivity contribution in [3.05, 3.63) is 15.6 Å². The molecule has 19 heavy (non-hydrogen) atoms. The van der Waals surface area contributed by atoms with Gasteiger partial charge in [0, 0.05) is 5.92 Å². The standard InChI is InChI=1S/C14H24N2O2S/c1-5-10(6-2)12-13(14(17)18)19-11(15-12)9-16(7-3)8-4/h10H,5-9H2,1-4H3,(H,17,18). The number of thiazole rings is 1. The molecule has 1 N–H and O–H groups in total. The number of carbonyl (C=O) groups is 1. The molecule has 0 aliphatic rings. The van der Waals surface area contributed by atoms with Gasteiger partial charge in [0.25, 0.3) is 0 Å². The lowest BCUT2D eigenvalue weighted by Gasteiger charge is -2.15. The largest absolute Gasteiger partial charge is 0.477 e. The Bertz CT molecular complexity index is 410. The van der Waals surface area contributed by atoms with E-state index in [0.29, 0.717) is 4.88 Å². The Morgan fingerprint density at radius 2 is 1.84 bits per heavy atom. The maximum atomic E-state index is 11.4. The first-order chi connectivity index (χ1) is 9.07. The van der Waals surface area contributed by atoms with E-state index in [2.05, 4.69) is 37.6 Å². The minimum Gasteiger partial charge on any atom is -0.477 e. The van der Waals surface area contributed by atoms with E-state index in [9.17, 15) is 9.90 Å². The molecular formula is C14H24N2O2S. The quantitative estimate of drug-likeness (QED) is 0.792. The molecule has 0 atom stereocenters. The van der Waals surface area contributed by atoms with Crippen LogP contribution in [0.15, 0.2) is 0 Å². The highest BCUT2D eigenvalue weighted by Gasteiger charge is 2.23. The predicted octanol–water partition coefficient (Wildman–Crippen LogP) is 3.59. The van der Waals surface area contributed by atoms with Crippen LogP contribution >= 0.6 is 11.3 Å². The Morgan fingerprint density at radius 1 is 1.26 bits per heavy atom. The average Bonchev–Trinajstić information content (AvgIpc) is 2.81. The monoisotopic (exact) mass is 284 g/mol. The fourth-order valence-electron chi connectivity index (χ4n) is 2.19. The molecule has 0 aliphatic heterocycles. The highest BCUT2D eigenvalue weighted by molar-refractivity contribution is 7.13. The molecule has 0 bridgehead atoms. The topological polar surface area (TPSA) is 53.4 Å². The molecule has 0 fully saturated rings. The van der Waals surface area contributed by atoms with Crippen LogP contribution in [0.2, 0.25) is 0 Å². The van der Waals surface area contributed by atoms with Crippen LogP contribution < -0.4 is 0 Å². The summed E-state index contributed by atoms with van der Waals surface area (Å²) in [6, 6.07) is 0. The zero-order valence-corrected chi connectivity index (χ0v) is 13.1. The lowest BCUT2D eigenvalue weighted by Crippen LogP contribution is -2.22. The van der Waals surface area contributed by atoms with Crippen LogP contribution in [0.4, 0.5) is 0 Å². The number of hydrogen-bond donors (Lipinski definition) is 1. The van der Waals surface area contributed by atoms with Crippen LogP contribution in [0.3, 0.4) is 0 Å². The smallest absolute Gasteiger partial charge is 0.347 e. The molecule has 0 saturated heterocycles. The Morgan fingerprint density at radius 3 is 2.26 bits per heavy atom. The first kappa shape index (κ1) is 16.1. The second kappa shape index (κ2) is 7.60. The van der Waals surface area contributed by atoms with Gasteiger partial charge in [-0.3, -0.25) is 4.90 Å². The van der Waals surface area contributed by atoms with E-state index in [1.165, 1.54) is 11.3 Å². The van der Waals surface area contributed by atoms with Gasteiger partial charge in [-0.25, -0.2) is 9.78 Å². The summed E-state index contributed by atoms with van der Waals surface area (Å²) in [6.45, 7) is 11.1. The van der Waals surface area contributed by atoms with Crippen LogP contribution in [-0.4, -0.2) is 34.0 Å². The van der Waals surface area contributed by atoms with Crippen LogP contribution in [-0.2, 0) is 6.54 Å². The van der Waals surface area contributed by atoms with Crippen LogP contribution in [0.5, 0.6) is 0 Å². The Kier molecular flexibility index (Phi) is 6.45.